The third-order valence-corrected chi connectivity index (χ3v) is 18.3. The van der Waals surface area contributed by atoms with Gasteiger partial charge in [-0.2, -0.15) is 0 Å². The predicted octanol–water partition coefficient (Wildman–Crippen LogP) is 18.4. The van der Waals surface area contributed by atoms with Crippen molar-refractivity contribution in [3.8, 4) is 33.4 Å². The molecule has 0 radical (unpaired) electrons. The Balaban J connectivity index is 0.939. The highest BCUT2D eigenvalue weighted by atomic mass is 32.2. The number of furan rings is 1. The summed E-state index contributed by atoms with van der Waals surface area (Å²) in [4.78, 5) is 7.70. The molecule has 0 saturated heterocycles. The van der Waals surface area contributed by atoms with E-state index in [4.69, 9.17) is 4.42 Å². The van der Waals surface area contributed by atoms with Gasteiger partial charge in [0.15, 0.2) is 0 Å². The molecule has 1 aromatic heterocycles. The largest absolute Gasteiger partial charge is 0.455 e. The fourth-order valence-electron chi connectivity index (χ4n) is 13.2. The molecule has 2 nitrogen and oxygen atoms in total. The summed E-state index contributed by atoms with van der Waals surface area (Å²) < 4.78 is 6.58. The summed E-state index contributed by atoms with van der Waals surface area (Å²) in [5.74, 6) is 0. The normalized spacial score (nSPS) is 14.5. The lowest BCUT2D eigenvalue weighted by Crippen LogP contribution is -2.32. The molecule has 2 aliphatic carbocycles. The first-order chi connectivity index (χ1) is 35.7. The number of benzene rings is 11. The van der Waals surface area contributed by atoms with Gasteiger partial charge in [-0.25, -0.2) is 0 Å². The van der Waals surface area contributed by atoms with Crippen molar-refractivity contribution in [3.63, 3.8) is 0 Å². The molecule has 72 heavy (non-hydrogen) atoms. The van der Waals surface area contributed by atoms with Crippen molar-refractivity contribution in [3.05, 3.63) is 293 Å². The summed E-state index contributed by atoms with van der Waals surface area (Å²) in [5, 5.41) is 2.26. The van der Waals surface area contributed by atoms with Gasteiger partial charge in [0.1, 0.15) is 11.2 Å². The summed E-state index contributed by atoms with van der Waals surface area (Å²) in [7, 11) is 0. The van der Waals surface area contributed by atoms with Crippen LogP contribution in [0.3, 0.4) is 0 Å². The van der Waals surface area contributed by atoms with E-state index in [1.165, 1.54) is 86.3 Å². The lowest BCUT2D eigenvalue weighted by Gasteiger charge is -2.40. The highest BCUT2D eigenvalue weighted by molar-refractivity contribution is 7.99. The van der Waals surface area contributed by atoms with Gasteiger partial charge in [-0.15, -0.1) is 0 Å². The standard InChI is InChI=1S/C68H41NOS2/c1-4-21-53-47(16-1)49-38-36-45(41-60(49)68(53)58-25-8-13-30-64(58)72-65-31-14-9-26-59(65)68)69(43-34-32-42(33-35-43)46-19-15-20-51-50-18-3-10-27-61(50)70-66(46)51)44-37-39-55-52(40-44)48-17-2-5-22-54(48)67(55)56-23-6-11-28-62(56)71-63-29-12-7-24-57(63)67/h1-41H. The van der Waals surface area contributed by atoms with Crippen LogP contribution in [0, 0.1) is 0 Å². The molecule has 2 spiro atoms. The second kappa shape index (κ2) is 15.1. The second-order valence-corrected chi connectivity index (χ2v) is 21.6. The van der Waals surface area contributed by atoms with Gasteiger partial charge in [-0.05, 0) is 139 Å². The van der Waals surface area contributed by atoms with Crippen molar-refractivity contribution >= 4 is 62.5 Å². The average Bonchev–Trinajstić information content (AvgIpc) is 4.07. The molecule has 0 amide bonds. The molecular formula is C68H41NOS2. The number of anilines is 3. The van der Waals surface area contributed by atoms with Crippen molar-refractivity contribution in [2.45, 2.75) is 30.4 Å². The number of nitrogens with zero attached hydrogens (tertiary/aromatic N) is 1. The van der Waals surface area contributed by atoms with E-state index in [0.29, 0.717) is 0 Å². The molecule has 0 saturated carbocycles. The Morgan fingerprint density at radius 2 is 0.722 bits per heavy atom. The molecule has 0 N–H and O–H groups in total. The Morgan fingerprint density at radius 1 is 0.292 bits per heavy atom. The van der Waals surface area contributed by atoms with Crippen molar-refractivity contribution < 1.29 is 4.42 Å². The molecule has 2 aliphatic heterocycles. The number of rotatable bonds is 4. The zero-order chi connectivity index (χ0) is 47.1. The molecule has 336 valence electrons. The topological polar surface area (TPSA) is 16.4 Å². The maximum absolute atomic E-state index is 6.58. The average molecular weight is 952 g/mol. The van der Waals surface area contributed by atoms with Gasteiger partial charge in [-0.3, -0.25) is 0 Å². The van der Waals surface area contributed by atoms with Crippen LogP contribution in [0.2, 0.25) is 0 Å². The Kier molecular flexibility index (Phi) is 8.49. The van der Waals surface area contributed by atoms with E-state index < -0.39 is 10.8 Å². The molecule has 0 fully saturated rings. The quantitative estimate of drug-likeness (QED) is 0.175. The van der Waals surface area contributed by atoms with Crippen molar-refractivity contribution in [1.82, 2.24) is 0 Å². The van der Waals surface area contributed by atoms with Gasteiger partial charge in [0.05, 0.1) is 10.8 Å². The summed E-state index contributed by atoms with van der Waals surface area (Å²) >= 11 is 3.77. The van der Waals surface area contributed by atoms with Crippen LogP contribution in [0.15, 0.2) is 273 Å². The van der Waals surface area contributed by atoms with Crippen LogP contribution in [0.4, 0.5) is 17.1 Å². The Labute approximate surface area is 426 Å². The maximum atomic E-state index is 6.58. The van der Waals surface area contributed by atoms with Gasteiger partial charge in [0.25, 0.3) is 0 Å². The fourth-order valence-corrected chi connectivity index (χ4v) is 15.6. The SMILES string of the molecule is c1ccc2c(c1)Sc1ccccc1C21c2ccccc2-c2cc(N(c3ccc(-c4cccc5c4oc4ccccc45)cc3)c3ccc4c(c3)C3(c5ccccc5Sc5ccccc53)c3ccccc3-4)ccc21. The Morgan fingerprint density at radius 3 is 1.35 bits per heavy atom. The van der Waals surface area contributed by atoms with Crippen molar-refractivity contribution in [1.29, 1.82) is 0 Å². The molecular weight excluding hydrogens is 911 g/mol. The number of hydrogen-bond acceptors (Lipinski definition) is 4. The van der Waals surface area contributed by atoms with E-state index in [9.17, 15) is 0 Å². The van der Waals surface area contributed by atoms with Crippen LogP contribution in [0.25, 0.3) is 55.3 Å². The van der Waals surface area contributed by atoms with Gasteiger partial charge >= 0.3 is 0 Å². The monoisotopic (exact) mass is 951 g/mol. The van der Waals surface area contributed by atoms with E-state index in [1.54, 1.807) is 0 Å². The second-order valence-electron chi connectivity index (χ2n) is 19.4. The molecule has 11 aromatic carbocycles. The third kappa shape index (κ3) is 5.33. The predicted molar refractivity (Wildman–Crippen MR) is 297 cm³/mol. The van der Waals surface area contributed by atoms with Crippen LogP contribution in [0.1, 0.15) is 44.5 Å². The molecule has 4 aliphatic rings. The van der Waals surface area contributed by atoms with Gasteiger partial charge < -0.3 is 9.32 Å². The van der Waals surface area contributed by atoms with Crippen LogP contribution < -0.4 is 4.90 Å². The maximum Gasteiger partial charge on any atom is 0.143 e. The van der Waals surface area contributed by atoms with E-state index in [1.807, 2.05) is 29.6 Å². The number of fused-ring (bicyclic) bond motifs is 21. The molecule has 12 aromatic rings. The summed E-state index contributed by atoms with van der Waals surface area (Å²) in [6.07, 6.45) is 0. The molecule has 16 rings (SSSR count). The van der Waals surface area contributed by atoms with Gasteiger partial charge in [-0.1, -0.05) is 206 Å². The molecule has 0 unspecified atom stereocenters. The van der Waals surface area contributed by atoms with Crippen LogP contribution in [0.5, 0.6) is 0 Å². The van der Waals surface area contributed by atoms with Crippen LogP contribution >= 0.6 is 23.5 Å². The smallest absolute Gasteiger partial charge is 0.143 e. The highest BCUT2D eigenvalue weighted by Crippen LogP contribution is 2.65. The molecule has 0 bridgehead atoms. The minimum Gasteiger partial charge on any atom is -0.455 e. The first-order valence-electron chi connectivity index (χ1n) is 24.7. The minimum atomic E-state index is -0.510. The lowest BCUT2D eigenvalue weighted by molar-refractivity contribution is 0.670. The van der Waals surface area contributed by atoms with Crippen molar-refractivity contribution in [2.75, 3.05) is 4.90 Å². The first kappa shape index (κ1) is 40.4. The molecule has 4 heteroatoms. The van der Waals surface area contributed by atoms with E-state index >= 15 is 0 Å². The zero-order valence-electron chi connectivity index (χ0n) is 38.8. The lowest BCUT2D eigenvalue weighted by atomic mass is 9.67. The van der Waals surface area contributed by atoms with Gasteiger partial charge in [0, 0.05) is 53.0 Å². The summed E-state index contributed by atoms with van der Waals surface area (Å²) in [5.41, 5.74) is 22.0. The Hall–Kier alpha value is -8.28. The first-order valence-corrected chi connectivity index (χ1v) is 26.4. The van der Waals surface area contributed by atoms with Crippen LogP contribution in [-0.2, 0) is 10.8 Å². The van der Waals surface area contributed by atoms with Crippen molar-refractivity contribution in [2.24, 2.45) is 0 Å². The minimum absolute atomic E-state index is 0.460. The zero-order valence-corrected chi connectivity index (χ0v) is 40.5. The van der Waals surface area contributed by atoms with E-state index in [2.05, 4.69) is 248 Å². The third-order valence-electron chi connectivity index (χ3n) is 16.0. The van der Waals surface area contributed by atoms with Gasteiger partial charge in [0.2, 0.25) is 0 Å². The molecule has 0 atom stereocenters. The number of hydrogen-bond donors (Lipinski definition) is 0. The molecule has 3 heterocycles. The summed E-state index contributed by atoms with van der Waals surface area (Å²) in [6, 6.07) is 93.0. The number of para-hydroxylation sites is 2. The fraction of sp³-hybridized carbons (Fsp3) is 0.0294. The van der Waals surface area contributed by atoms with Crippen LogP contribution in [-0.4, -0.2) is 0 Å². The highest BCUT2D eigenvalue weighted by Gasteiger charge is 2.52. The van der Waals surface area contributed by atoms with E-state index in [-0.39, 0.29) is 0 Å². The Bertz CT molecular complexity index is 4170. The summed E-state index contributed by atoms with van der Waals surface area (Å²) in [6.45, 7) is 0. The van der Waals surface area contributed by atoms with E-state index in [0.717, 1.165) is 50.1 Å².